The fraction of sp³-hybridized carbons (Fsp3) is 0.250. The second-order valence-electron chi connectivity index (χ2n) is 4.19. The highest BCUT2D eigenvalue weighted by molar-refractivity contribution is 7.89. The van der Waals surface area contributed by atoms with Crippen molar-refractivity contribution in [1.29, 1.82) is 0 Å². The third kappa shape index (κ3) is 3.31. The molecule has 2 rings (SSSR count). The summed E-state index contributed by atoms with van der Waals surface area (Å²) >= 11 is 1.47. The molecule has 1 heterocycles. The number of aromatic nitrogens is 1. The highest BCUT2D eigenvalue weighted by atomic mass is 32.2. The molecule has 1 aromatic heterocycles. The average Bonchev–Trinajstić information content (AvgIpc) is 2.76. The number of hydrogen-bond acceptors (Lipinski definition) is 5. The summed E-state index contributed by atoms with van der Waals surface area (Å²) in [5.74, 6) is 0. The Morgan fingerprint density at radius 2 is 2.11 bits per heavy atom. The van der Waals surface area contributed by atoms with E-state index >= 15 is 0 Å². The van der Waals surface area contributed by atoms with Crippen molar-refractivity contribution in [2.24, 2.45) is 0 Å². The van der Waals surface area contributed by atoms with E-state index in [1.807, 2.05) is 13.8 Å². The Kier molecular flexibility index (Phi) is 3.88. The summed E-state index contributed by atoms with van der Waals surface area (Å²) in [6.07, 6.45) is 1.67. The van der Waals surface area contributed by atoms with E-state index in [0.29, 0.717) is 5.69 Å². The molecular weight excluding hydrogens is 282 g/mol. The number of sulfonamides is 1. The first-order valence-electron chi connectivity index (χ1n) is 5.65. The smallest absolute Gasteiger partial charge is 0.240 e. The zero-order chi connectivity index (χ0) is 14.0. The highest BCUT2D eigenvalue weighted by Gasteiger charge is 2.15. The van der Waals surface area contributed by atoms with Crippen LogP contribution in [-0.2, 0) is 16.6 Å². The summed E-state index contributed by atoms with van der Waals surface area (Å²) in [6.45, 7) is 3.95. The molecule has 7 heteroatoms. The molecule has 0 atom stereocenters. The summed E-state index contributed by atoms with van der Waals surface area (Å²) in [4.78, 5) is 5.13. The summed E-state index contributed by atoms with van der Waals surface area (Å²) in [5.41, 5.74) is 7.06. The lowest BCUT2D eigenvalue weighted by Crippen LogP contribution is -2.23. The van der Waals surface area contributed by atoms with Gasteiger partial charge in [0.25, 0.3) is 0 Å². The molecular formula is C12H15N3O2S2. The first-order chi connectivity index (χ1) is 8.88. The number of nitrogen functional groups attached to an aromatic ring is 1. The van der Waals surface area contributed by atoms with Gasteiger partial charge in [-0.3, -0.25) is 0 Å². The Morgan fingerprint density at radius 1 is 1.37 bits per heavy atom. The van der Waals surface area contributed by atoms with Crippen LogP contribution in [-0.4, -0.2) is 13.4 Å². The van der Waals surface area contributed by atoms with Gasteiger partial charge in [-0.1, -0.05) is 6.07 Å². The predicted molar refractivity (Wildman–Crippen MR) is 76.5 cm³/mol. The normalized spacial score (nSPS) is 11.7. The molecule has 0 aliphatic rings. The van der Waals surface area contributed by atoms with E-state index in [9.17, 15) is 8.42 Å². The van der Waals surface area contributed by atoms with Gasteiger partial charge >= 0.3 is 0 Å². The van der Waals surface area contributed by atoms with Crippen LogP contribution in [0, 0.1) is 13.8 Å². The number of benzene rings is 1. The van der Waals surface area contributed by atoms with Crippen LogP contribution < -0.4 is 10.5 Å². The first kappa shape index (κ1) is 14.0. The van der Waals surface area contributed by atoms with Crippen LogP contribution in [0.1, 0.15) is 15.4 Å². The zero-order valence-electron chi connectivity index (χ0n) is 10.7. The van der Waals surface area contributed by atoms with E-state index in [4.69, 9.17) is 5.73 Å². The Bertz CT molecular complexity index is 693. The number of aryl methyl sites for hydroxylation is 2. The fourth-order valence-electron chi connectivity index (χ4n) is 1.52. The monoisotopic (exact) mass is 297 g/mol. The van der Waals surface area contributed by atoms with Crippen molar-refractivity contribution in [2.45, 2.75) is 25.3 Å². The highest BCUT2D eigenvalue weighted by Crippen LogP contribution is 2.18. The van der Waals surface area contributed by atoms with Crippen LogP contribution in [0.25, 0.3) is 0 Å². The van der Waals surface area contributed by atoms with Crippen molar-refractivity contribution in [3.8, 4) is 0 Å². The third-order valence-corrected chi connectivity index (χ3v) is 4.98. The average molecular weight is 297 g/mol. The molecule has 1 aromatic carbocycles. The first-order valence-corrected chi connectivity index (χ1v) is 7.95. The van der Waals surface area contributed by atoms with Gasteiger partial charge in [0, 0.05) is 23.3 Å². The molecule has 5 nitrogen and oxygen atoms in total. The van der Waals surface area contributed by atoms with Gasteiger partial charge in [-0.05, 0) is 31.5 Å². The SMILES string of the molecule is Cc1ncc(CNS(=O)(=O)c2ccc(C)c(N)c2)s1. The number of nitrogens with zero attached hydrogens (tertiary/aromatic N) is 1. The minimum absolute atomic E-state index is 0.178. The van der Waals surface area contributed by atoms with Gasteiger partial charge in [-0.25, -0.2) is 18.1 Å². The molecule has 3 N–H and O–H groups in total. The second kappa shape index (κ2) is 5.28. The lowest BCUT2D eigenvalue weighted by molar-refractivity contribution is 0.582. The van der Waals surface area contributed by atoms with Crippen molar-refractivity contribution < 1.29 is 8.42 Å². The van der Waals surface area contributed by atoms with E-state index in [-0.39, 0.29) is 11.4 Å². The maximum absolute atomic E-state index is 12.1. The number of anilines is 1. The van der Waals surface area contributed by atoms with E-state index < -0.39 is 10.0 Å². The Morgan fingerprint density at radius 3 is 2.68 bits per heavy atom. The van der Waals surface area contributed by atoms with Gasteiger partial charge in [-0.15, -0.1) is 11.3 Å². The predicted octanol–water partition coefficient (Wildman–Crippen LogP) is 1.82. The van der Waals surface area contributed by atoms with Crippen LogP contribution in [0.3, 0.4) is 0 Å². The Labute approximate surface area is 116 Å². The maximum Gasteiger partial charge on any atom is 0.240 e. The minimum atomic E-state index is -3.54. The van der Waals surface area contributed by atoms with Crippen molar-refractivity contribution >= 4 is 27.0 Å². The van der Waals surface area contributed by atoms with Crippen LogP contribution in [0.2, 0.25) is 0 Å². The summed E-state index contributed by atoms with van der Waals surface area (Å²) in [7, 11) is -3.54. The van der Waals surface area contributed by atoms with E-state index in [0.717, 1.165) is 15.4 Å². The molecule has 0 saturated heterocycles. The van der Waals surface area contributed by atoms with Crippen molar-refractivity contribution in [3.63, 3.8) is 0 Å². The largest absolute Gasteiger partial charge is 0.398 e. The number of rotatable bonds is 4. The zero-order valence-corrected chi connectivity index (χ0v) is 12.3. The van der Waals surface area contributed by atoms with Crippen LogP contribution >= 0.6 is 11.3 Å². The van der Waals surface area contributed by atoms with Gasteiger partial charge in [0.1, 0.15) is 0 Å². The lowest BCUT2D eigenvalue weighted by atomic mass is 10.2. The fourth-order valence-corrected chi connectivity index (χ4v) is 3.39. The lowest BCUT2D eigenvalue weighted by Gasteiger charge is -2.07. The number of nitrogens with one attached hydrogen (secondary N) is 1. The molecule has 0 radical (unpaired) electrons. The van der Waals surface area contributed by atoms with Crippen LogP contribution in [0.15, 0.2) is 29.3 Å². The molecule has 0 fully saturated rings. The second-order valence-corrected chi connectivity index (χ2v) is 7.27. The van der Waals surface area contributed by atoms with Crippen LogP contribution in [0.5, 0.6) is 0 Å². The summed E-state index contributed by atoms with van der Waals surface area (Å²) in [5, 5.41) is 0.911. The molecule has 19 heavy (non-hydrogen) atoms. The van der Waals surface area contributed by atoms with Gasteiger partial charge in [-0.2, -0.15) is 0 Å². The third-order valence-electron chi connectivity index (χ3n) is 2.67. The van der Waals surface area contributed by atoms with Gasteiger partial charge in [0.2, 0.25) is 10.0 Å². The van der Waals surface area contributed by atoms with Crippen molar-refractivity contribution in [3.05, 3.63) is 39.8 Å². The molecule has 0 amide bonds. The molecule has 0 aliphatic heterocycles. The minimum Gasteiger partial charge on any atom is -0.398 e. The molecule has 2 aromatic rings. The topological polar surface area (TPSA) is 85.1 Å². The van der Waals surface area contributed by atoms with Gasteiger partial charge < -0.3 is 5.73 Å². The van der Waals surface area contributed by atoms with Crippen LogP contribution in [0.4, 0.5) is 5.69 Å². The quantitative estimate of drug-likeness (QED) is 0.843. The molecule has 0 saturated carbocycles. The maximum atomic E-state index is 12.1. The molecule has 0 aliphatic carbocycles. The number of nitrogens with two attached hydrogens (primary N) is 1. The van der Waals surface area contributed by atoms with Crippen molar-refractivity contribution in [2.75, 3.05) is 5.73 Å². The van der Waals surface area contributed by atoms with E-state index in [1.165, 1.54) is 17.4 Å². The molecule has 0 unspecified atom stereocenters. The Balaban J connectivity index is 2.16. The van der Waals surface area contributed by atoms with Crippen molar-refractivity contribution in [1.82, 2.24) is 9.71 Å². The summed E-state index contributed by atoms with van der Waals surface area (Å²) < 4.78 is 26.7. The van der Waals surface area contributed by atoms with Gasteiger partial charge in [0.15, 0.2) is 0 Å². The number of thiazole rings is 1. The van der Waals surface area contributed by atoms with E-state index in [2.05, 4.69) is 9.71 Å². The van der Waals surface area contributed by atoms with Gasteiger partial charge in [0.05, 0.1) is 9.90 Å². The Hall–Kier alpha value is -1.44. The number of hydrogen-bond donors (Lipinski definition) is 2. The molecule has 102 valence electrons. The molecule has 0 bridgehead atoms. The standard InChI is InChI=1S/C12H15N3O2S2/c1-8-3-4-11(5-12(8)13)19(16,17)15-7-10-6-14-9(2)18-10/h3-6,15H,7,13H2,1-2H3. The molecule has 0 spiro atoms. The summed E-state index contributed by atoms with van der Waals surface area (Å²) in [6, 6.07) is 4.71. The van der Waals surface area contributed by atoms with E-state index in [1.54, 1.807) is 18.3 Å².